The van der Waals surface area contributed by atoms with E-state index in [4.69, 9.17) is 11.5 Å². The van der Waals surface area contributed by atoms with Crippen LogP contribution in [0.4, 0.5) is 0 Å². The normalized spacial score (nSPS) is 13.2. The third kappa shape index (κ3) is 15.7. The summed E-state index contributed by atoms with van der Waals surface area (Å²) in [5, 5.41) is 0. The molecule has 1 atom stereocenters. The molecule has 0 aliphatic carbocycles. The molecule has 120 valence electrons. The molecule has 0 saturated carbocycles. The molecule has 1 unspecified atom stereocenters. The highest BCUT2D eigenvalue weighted by Crippen LogP contribution is 2.09. The van der Waals surface area contributed by atoms with E-state index < -0.39 is 0 Å². The monoisotopic (exact) mass is 282 g/mol. The Bertz CT molecular complexity index is 202. The first-order chi connectivity index (χ1) is 9.81. The van der Waals surface area contributed by atoms with E-state index in [9.17, 15) is 0 Å². The standard InChI is InChI=1S/C18H38N2/c1-2-3-4-12-15-18(20)16-13-10-8-6-5-7-9-11-14-17-19/h10,13,18H,2-9,11-12,14-17,19-20H2,1H3/b13-10+. The molecular weight excluding hydrogens is 244 g/mol. The summed E-state index contributed by atoms with van der Waals surface area (Å²) in [5.41, 5.74) is 11.6. The first-order valence-electron chi connectivity index (χ1n) is 8.92. The zero-order valence-corrected chi connectivity index (χ0v) is 13.8. The maximum Gasteiger partial charge on any atom is 0.00734 e. The zero-order valence-electron chi connectivity index (χ0n) is 13.8. The van der Waals surface area contributed by atoms with Crippen molar-refractivity contribution < 1.29 is 0 Å². The van der Waals surface area contributed by atoms with E-state index >= 15 is 0 Å². The van der Waals surface area contributed by atoms with E-state index in [1.54, 1.807) is 0 Å². The van der Waals surface area contributed by atoms with Gasteiger partial charge in [-0.25, -0.2) is 0 Å². The lowest BCUT2D eigenvalue weighted by atomic mass is 10.0. The fraction of sp³-hybridized carbons (Fsp3) is 0.889. The van der Waals surface area contributed by atoms with Gasteiger partial charge in [-0.1, -0.05) is 70.4 Å². The molecule has 0 spiro atoms. The van der Waals surface area contributed by atoms with Crippen LogP contribution in [0.15, 0.2) is 12.2 Å². The van der Waals surface area contributed by atoms with Gasteiger partial charge in [0, 0.05) is 6.04 Å². The molecule has 4 N–H and O–H groups in total. The fourth-order valence-corrected chi connectivity index (χ4v) is 2.45. The quantitative estimate of drug-likeness (QED) is 0.331. The number of hydrogen-bond donors (Lipinski definition) is 2. The topological polar surface area (TPSA) is 52.0 Å². The van der Waals surface area contributed by atoms with Crippen molar-refractivity contribution in [2.24, 2.45) is 11.5 Å². The summed E-state index contributed by atoms with van der Waals surface area (Å²) in [6.45, 7) is 3.10. The van der Waals surface area contributed by atoms with Crippen molar-refractivity contribution >= 4 is 0 Å². The van der Waals surface area contributed by atoms with Crippen LogP contribution in [0.3, 0.4) is 0 Å². The molecule has 0 aromatic rings. The third-order valence-electron chi connectivity index (χ3n) is 3.86. The van der Waals surface area contributed by atoms with E-state index in [-0.39, 0.29) is 0 Å². The molecule has 0 aromatic heterocycles. The fourth-order valence-electron chi connectivity index (χ4n) is 2.45. The lowest BCUT2D eigenvalue weighted by Crippen LogP contribution is -2.18. The minimum Gasteiger partial charge on any atom is -0.330 e. The molecular formula is C18H38N2. The summed E-state index contributed by atoms with van der Waals surface area (Å²) in [6, 6.07) is 0.374. The average molecular weight is 283 g/mol. The van der Waals surface area contributed by atoms with Gasteiger partial charge in [0.15, 0.2) is 0 Å². The molecule has 0 amide bonds. The Morgan fingerprint density at radius 2 is 1.45 bits per heavy atom. The average Bonchev–Trinajstić information content (AvgIpc) is 2.45. The highest BCUT2D eigenvalue weighted by Gasteiger charge is 1.99. The van der Waals surface area contributed by atoms with Crippen LogP contribution in [-0.4, -0.2) is 12.6 Å². The molecule has 0 saturated heterocycles. The lowest BCUT2D eigenvalue weighted by Gasteiger charge is -2.08. The highest BCUT2D eigenvalue weighted by molar-refractivity contribution is 4.85. The second kappa shape index (κ2) is 16.7. The summed E-state index contributed by atoms with van der Waals surface area (Å²) < 4.78 is 0. The molecule has 0 aliphatic heterocycles. The molecule has 0 radical (unpaired) electrons. The van der Waals surface area contributed by atoms with Crippen LogP contribution < -0.4 is 11.5 Å². The van der Waals surface area contributed by atoms with Gasteiger partial charge in [-0.05, 0) is 38.6 Å². The van der Waals surface area contributed by atoms with Crippen LogP contribution in [0.1, 0.15) is 90.4 Å². The van der Waals surface area contributed by atoms with Gasteiger partial charge in [0.1, 0.15) is 0 Å². The molecule has 0 rings (SSSR count). The number of rotatable bonds is 15. The second-order valence-electron chi connectivity index (χ2n) is 6.02. The third-order valence-corrected chi connectivity index (χ3v) is 3.86. The van der Waals surface area contributed by atoms with E-state index in [2.05, 4.69) is 19.1 Å². The Morgan fingerprint density at radius 1 is 0.800 bits per heavy atom. The van der Waals surface area contributed by atoms with Gasteiger partial charge >= 0.3 is 0 Å². The molecule has 0 aliphatic rings. The van der Waals surface area contributed by atoms with Crippen molar-refractivity contribution in [2.45, 2.75) is 96.4 Å². The summed E-state index contributed by atoms with van der Waals surface area (Å²) in [4.78, 5) is 0. The van der Waals surface area contributed by atoms with E-state index in [1.807, 2.05) is 0 Å². The van der Waals surface area contributed by atoms with Gasteiger partial charge in [0.2, 0.25) is 0 Å². The largest absolute Gasteiger partial charge is 0.330 e. The first kappa shape index (κ1) is 19.7. The SMILES string of the molecule is CCCCCCC(N)C/C=C/CCCCCCCCN. The van der Waals surface area contributed by atoms with Gasteiger partial charge in [0.25, 0.3) is 0 Å². The molecule has 2 heteroatoms. The highest BCUT2D eigenvalue weighted by atomic mass is 14.6. The molecule has 0 aromatic carbocycles. The minimum atomic E-state index is 0.374. The Kier molecular flexibility index (Phi) is 16.4. The Labute approximate surface area is 127 Å². The van der Waals surface area contributed by atoms with Crippen LogP contribution in [0.5, 0.6) is 0 Å². The van der Waals surface area contributed by atoms with Crippen LogP contribution in [0.2, 0.25) is 0 Å². The van der Waals surface area contributed by atoms with Gasteiger partial charge in [-0.3, -0.25) is 0 Å². The number of nitrogens with two attached hydrogens (primary N) is 2. The van der Waals surface area contributed by atoms with E-state index in [0.717, 1.165) is 13.0 Å². The Balaban J connectivity index is 3.21. The predicted molar refractivity (Wildman–Crippen MR) is 91.9 cm³/mol. The van der Waals surface area contributed by atoms with Crippen molar-refractivity contribution in [3.05, 3.63) is 12.2 Å². The first-order valence-corrected chi connectivity index (χ1v) is 8.92. The Hall–Kier alpha value is -0.340. The van der Waals surface area contributed by atoms with Crippen LogP contribution in [0, 0.1) is 0 Å². The maximum atomic E-state index is 6.10. The maximum absolute atomic E-state index is 6.10. The summed E-state index contributed by atoms with van der Waals surface area (Å²) in [6.07, 6.45) is 21.3. The van der Waals surface area contributed by atoms with Crippen LogP contribution in [-0.2, 0) is 0 Å². The lowest BCUT2D eigenvalue weighted by molar-refractivity contribution is 0.551. The van der Waals surface area contributed by atoms with Crippen molar-refractivity contribution in [1.29, 1.82) is 0 Å². The zero-order chi connectivity index (χ0) is 14.9. The minimum absolute atomic E-state index is 0.374. The van der Waals surface area contributed by atoms with Crippen molar-refractivity contribution in [1.82, 2.24) is 0 Å². The molecule has 0 heterocycles. The van der Waals surface area contributed by atoms with Gasteiger partial charge < -0.3 is 11.5 Å². The van der Waals surface area contributed by atoms with E-state index in [0.29, 0.717) is 6.04 Å². The molecule has 20 heavy (non-hydrogen) atoms. The van der Waals surface area contributed by atoms with Crippen LogP contribution in [0.25, 0.3) is 0 Å². The Morgan fingerprint density at radius 3 is 2.15 bits per heavy atom. The number of hydrogen-bond acceptors (Lipinski definition) is 2. The summed E-state index contributed by atoms with van der Waals surface area (Å²) in [7, 11) is 0. The van der Waals surface area contributed by atoms with Gasteiger partial charge in [-0.15, -0.1) is 0 Å². The van der Waals surface area contributed by atoms with Crippen molar-refractivity contribution in [3.8, 4) is 0 Å². The molecule has 2 nitrogen and oxygen atoms in total. The smallest absolute Gasteiger partial charge is 0.00734 e. The van der Waals surface area contributed by atoms with Crippen molar-refractivity contribution in [2.75, 3.05) is 6.54 Å². The predicted octanol–water partition coefficient (Wildman–Crippen LogP) is 4.92. The number of unbranched alkanes of at least 4 members (excludes halogenated alkanes) is 9. The summed E-state index contributed by atoms with van der Waals surface area (Å²) >= 11 is 0. The molecule has 0 bridgehead atoms. The van der Waals surface area contributed by atoms with Crippen molar-refractivity contribution in [3.63, 3.8) is 0 Å². The van der Waals surface area contributed by atoms with Crippen LogP contribution >= 0.6 is 0 Å². The summed E-state index contributed by atoms with van der Waals surface area (Å²) in [5.74, 6) is 0. The number of allylic oxidation sites excluding steroid dienone is 1. The molecule has 0 fully saturated rings. The van der Waals surface area contributed by atoms with Gasteiger partial charge in [-0.2, -0.15) is 0 Å². The van der Waals surface area contributed by atoms with Gasteiger partial charge in [0.05, 0.1) is 0 Å². The second-order valence-corrected chi connectivity index (χ2v) is 6.02. The van der Waals surface area contributed by atoms with E-state index in [1.165, 1.54) is 77.0 Å².